The number of aliphatic carboxylic acids is 1. The number of carboxylic acids is 1. The zero-order valence-electron chi connectivity index (χ0n) is 15.6. The summed E-state index contributed by atoms with van der Waals surface area (Å²) in [7, 11) is -3.90. The van der Waals surface area contributed by atoms with E-state index in [1.54, 1.807) is 6.92 Å². The van der Waals surface area contributed by atoms with Crippen molar-refractivity contribution < 1.29 is 32.5 Å². The van der Waals surface area contributed by atoms with Gasteiger partial charge in [0.05, 0.1) is 22.2 Å². The van der Waals surface area contributed by atoms with Crippen LogP contribution in [0.2, 0.25) is 5.02 Å². The monoisotopic (exact) mass is 441 g/mol. The molecule has 10 heteroatoms. The molecule has 2 N–H and O–H groups in total. The highest BCUT2D eigenvalue weighted by atomic mass is 35.5. The summed E-state index contributed by atoms with van der Waals surface area (Å²) in [6.07, 6.45) is 0.366. The molecule has 3 rings (SSSR count). The van der Waals surface area contributed by atoms with E-state index in [0.717, 1.165) is 0 Å². The number of nitrogens with one attached hydrogen (secondary N) is 1. The van der Waals surface area contributed by atoms with Crippen molar-refractivity contribution in [1.82, 2.24) is 0 Å². The molecular formula is C19H20ClNO7S. The van der Waals surface area contributed by atoms with Crippen LogP contribution in [0.15, 0.2) is 35.2 Å². The van der Waals surface area contributed by atoms with Crippen molar-refractivity contribution in [3.05, 3.63) is 40.9 Å². The summed E-state index contributed by atoms with van der Waals surface area (Å²) in [4.78, 5) is 10.6. The number of fused-ring (bicyclic) bond motifs is 1. The van der Waals surface area contributed by atoms with Crippen LogP contribution in [0.3, 0.4) is 0 Å². The number of aryl methyl sites for hydroxylation is 1. The van der Waals surface area contributed by atoms with Crippen LogP contribution in [0, 0.1) is 6.92 Å². The Morgan fingerprint density at radius 2 is 1.90 bits per heavy atom. The first-order valence-electron chi connectivity index (χ1n) is 8.83. The highest BCUT2D eigenvalue weighted by molar-refractivity contribution is 7.92. The molecule has 156 valence electrons. The quantitative estimate of drug-likeness (QED) is 0.603. The van der Waals surface area contributed by atoms with Crippen LogP contribution >= 0.6 is 11.6 Å². The molecule has 0 bridgehead atoms. The molecule has 0 spiro atoms. The van der Waals surface area contributed by atoms with Crippen molar-refractivity contribution >= 4 is 33.3 Å². The van der Waals surface area contributed by atoms with Gasteiger partial charge in [-0.15, -0.1) is 0 Å². The number of benzene rings is 2. The molecule has 2 aromatic rings. The number of rotatable bonds is 8. The van der Waals surface area contributed by atoms with Gasteiger partial charge in [0, 0.05) is 18.6 Å². The van der Waals surface area contributed by atoms with E-state index in [9.17, 15) is 13.2 Å². The molecule has 0 aromatic heterocycles. The van der Waals surface area contributed by atoms with Gasteiger partial charge < -0.3 is 19.3 Å². The van der Waals surface area contributed by atoms with Crippen molar-refractivity contribution in [1.29, 1.82) is 0 Å². The summed E-state index contributed by atoms with van der Waals surface area (Å²) < 4.78 is 44.4. The van der Waals surface area contributed by atoms with Crippen LogP contribution in [0.1, 0.15) is 18.4 Å². The summed E-state index contributed by atoms with van der Waals surface area (Å²) in [5.41, 5.74) is 0.791. The summed E-state index contributed by atoms with van der Waals surface area (Å²) >= 11 is 6.18. The minimum Gasteiger partial charge on any atom is -0.493 e. The Kier molecular flexibility index (Phi) is 6.39. The third-order valence-electron chi connectivity index (χ3n) is 4.13. The number of halogens is 1. The van der Waals surface area contributed by atoms with E-state index < -0.39 is 16.0 Å². The number of ether oxygens (including phenoxy) is 3. The molecule has 29 heavy (non-hydrogen) atoms. The third kappa shape index (κ3) is 5.24. The first-order chi connectivity index (χ1) is 13.8. The van der Waals surface area contributed by atoms with Gasteiger partial charge in [-0.05, 0) is 37.1 Å². The average molecular weight is 442 g/mol. The van der Waals surface area contributed by atoms with Crippen molar-refractivity contribution in [3.8, 4) is 17.2 Å². The molecule has 0 saturated heterocycles. The Hall–Kier alpha value is -2.65. The molecule has 0 unspecified atom stereocenters. The maximum atomic E-state index is 12.8. The van der Waals surface area contributed by atoms with Crippen molar-refractivity contribution in [2.24, 2.45) is 0 Å². The minimum atomic E-state index is -3.90. The second kappa shape index (κ2) is 8.79. The molecule has 0 fully saturated rings. The van der Waals surface area contributed by atoms with E-state index >= 15 is 0 Å². The molecule has 0 radical (unpaired) electrons. The van der Waals surface area contributed by atoms with E-state index in [1.165, 1.54) is 30.3 Å². The van der Waals surface area contributed by atoms with Gasteiger partial charge in [0.2, 0.25) is 0 Å². The largest absolute Gasteiger partial charge is 0.493 e. The van der Waals surface area contributed by atoms with Crippen molar-refractivity contribution in [2.45, 2.75) is 24.7 Å². The maximum Gasteiger partial charge on any atom is 0.303 e. The van der Waals surface area contributed by atoms with Gasteiger partial charge in [0.15, 0.2) is 11.5 Å². The second-order valence-corrected chi connectivity index (χ2v) is 8.44. The van der Waals surface area contributed by atoms with E-state index in [4.69, 9.17) is 30.9 Å². The SMILES string of the molecule is Cc1cc(S(=O)(=O)Nc2cc3c(cc2Cl)OCCO3)ccc1OCCCC(=O)O. The topological polar surface area (TPSA) is 111 Å². The van der Waals surface area contributed by atoms with Crippen molar-refractivity contribution in [3.63, 3.8) is 0 Å². The van der Waals surface area contributed by atoms with E-state index in [2.05, 4.69) is 4.72 Å². The predicted octanol–water partition coefficient (Wildman–Crippen LogP) is 3.46. The standard InChI is InChI=1S/C19H20ClNO7S/c1-12-9-13(4-5-16(12)26-6-2-3-19(22)23)29(24,25)21-15-11-18-17(10-14(15)20)27-7-8-28-18/h4-5,9-11,21H,2-3,6-8H2,1H3,(H,22,23). The molecule has 1 aliphatic heterocycles. The Bertz CT molecular complexity index is 1020. The number of hydrogen-bond donors (Lipinski definition) is 2. The van der Waals surface area contributed by atoms with Gasteiger partial charge in [-0.25, -0.2) is 8.42 Å². The third-order valence-corrected chi connectivity index (χ3v) is 5.80. The smallest absolute Gasteiger partial charge is 0.303 e. The van der Waals surface area contributed by atoms with Gasteiger partial charge >= 0.3 is 5.97 Å². The molecule has 0 atom stereocenters. The molecule has 0 amide bonds. The van der Waals surface area contributed by atoms with Crippen LogP contribution in [-0.4, -0.2) is 39.3 Å². The van der Waals surface area contributed by atoms with E-state index in [1.807, 2.05) is 0 Å². The molecular weight excluding hydrogens is 422 g/mol. The van der Waals surface area contributed by atoms with Gasteiger partial charge in [0.1, 0.15) is 19.0 Å². The Balaban J connectivity index is 1.74. The first-order valence-corrected chi connectivity index (χ1v) is 10.7. The fraction of sp³-hybridized carbons (Fsp3) is 0.316. The number of carboxylic acid groups (broad SMARTS) is 1. The normalized spacial score (nSPS) is 13.0. The summed E-state index contributed by atoms with van der Waals surface area (Å²) in [5.74, 6) is 0.478. The zero-order valence-corrected chi connectivity index (χ0v) is 17.2. The lowest BCUT2D eigenvalue weighted by Crippen LogP contribution is -2.17. The lowest BCUT2D eigenvalue weighted by atomic mass is 10.2. The molecule has 1 heterocycles. The van der Waals surface area contributed by atoms with Crippen LogP contribution < -0.4 is 18.9 Å². The summed E-state index contributed by atoms with van der Waals surface area (Å²) in [6, 6.07) is 7.42. The lowest BCUT2D eigenvalue weighted by molar-refractivity contribution is -0.137. The number of hydrogen-bond acceptors (Lipinski definition) is 6. The van der Waals surface area contributed by atoms with Crippen molar-refractivity contribution in [2.75, 3.05) is 24.5 Å². The Morgan fingerprint density at radius 1 is 1.21 bits per heavy atom. The van der Waals surface area contributed by atoms with Gasteiger partial charge in [-0.2, -0.15) is 0 Å². The van der Waals surface area contributed by atoms with E-state index in [-0.39, 0.29) is 28.6 Å². The van der Waals surface area contributed by atoms with E-state index in [0.29, 0.717) is 42.4 Å². The zero-order chi connectivity index (χ0) is 21.0. The molecule has 1 aliphatic rings. The van der Waals surface area contributed by atoms with Crippen LogP contribution in [0.4, 0.5) is 5.69 Å². The highest BCUT2D eigenvalue weighted by Gasteiger charge is 2.21. The summed E-state index contributed by atoms with van der Waals surface area (Å²) in [6.45, 7) is 2.71. The minimum absolute atomic E-state index is 0.00568. The van der Waals surface area contributed by atoms with Gasteiger partial charge in [-0.1, -0.05) is 11.6 Å². The number of carbonyl (C=O) groups is 1. The lowest BCUT2D eigenvalue weighted by Gasteiger charge is -2.20. The van der Waals surface area contributed by atoms with Crippen LogP contribution in [0.5, 0.6) is 17.2 Å². The van der Waals surface area contributed by atoms with Crippen LogP contribution in [0.25, 0.3) is 0 Å². The predicted molar refractivity (Wildman–Crippen MR) is 107 cm³/mol. The Labute approximate surface area is 173 Å². The molecule has 8 nitrogen and oxygen atoms in total. The summed E-state index contributed by atoms with van der Waals surface area (Å²) in [5, 5.41) is 8.83. The molecule has 0 aliphatic carbocycles. The average Bonchev–Trinajstić information content (AvgIpc) is 2.66. The molecule has 2 aromatic carbocycles. The first kappa shape index (κ1) is 21.1. The maximum absolute atomic E-state index is 12.8. The second-order valence-electron chi connectivity index (χ2n) is 6.35. The highest BCUT2D eigenvalue weighted by Crippen LogP contribution is 2.38. The fourth-order valence-corrected chi connectivity index (χ4v) is 4.11. The van der Waals surface area contributed by atoms with Gasteiger partial charge in [0.25, 0.3) is 10.0 Å². The molecule has 0 saturated carbocycles. The van der Waals surface area contributed by atoms with Crippen LogP contribution in [-0.2, 0) is 14.8 Å². The number of anilines is 1. The fourth-order valence-electron chi connectivity index (χ4n) is 2.70. The number of sulfonamides is 1. The van der Waals surface area contributed by atoms with Gasteiger partial charge in [-0.3, -0.25) is 9.52 Å². The Morgan fingerprint density at radius 3 is 2.55 bits per heavy atom.